The topological polar surface area (TPSA) is 74.0 Å². The summed E-state index contributed by atoms with van der Waals surface area (Å²) in [4.78, 5) is 15.0. The molecule has 0 bridgehead atoms. The SMILES string of the molecule is Cc1ccc(-n2nc(C(=O)N[C@@H]3CCN(C)C3)cc2-c2ccc(C#N)cc2)cc1. The number of rotatable bonds is 4. The normalized spacial score (nSPS) is 16.5. The molecule has 0 spiro atoms. The molecule has 3 aromatic rings. The Morgan fingerprint density at radius 1 is 1.17 bits per heavy atom. The molecule has 146 valence electrons. The number of nitrogens with one attached hydrogen (secondary N) is 1. The van der Waals surface area contributed by atoms with Crippen LogP contribution in [0.15, 0.2) is 54.6 Å². The molecule has 6 heteroatoms. The van der Waals surface area contributed by atoms with Crippen molar-refractivity contribution in [3.63, 3.8) is 0 Å². The van der Waals surface area contributed by atoms with Crippen LogP contribution in [-0.2, 0) is 0 Å². The van der Waals surface area contributed by atoms with Crippen LogP contribution in [0.25, 0.3) is 16.9 Å². The van der Waals surface area contributed by atoms with Gasteiger partial charge in [0.15, 0.2) is 5.69 Å². The maximum Gasteiger partial charge on any atom is 0.272 e. The molecule has 1 aliphatic heterocycles. The van der Waals surface area contributed by atoms with E-state index in [4.69, 9.17) is 5.26 Å². The average molecular weight is 385 g/mol. The minimum atomic E-state index is -0.161. The van der Waals surface area contributed by atoms with Crippen molar-refractivity contribution in [2.24, 2.45) is 0 Å². The van der Waals surface area contributed by atoms with Crippen molar-refractivity contribution in [3.05, 3.63) is 71.4 Å². The molecule has 2 aromatic carbocycles. The number of nitrogens with zero attached hydrogens (tertiary/aromatic N) is 4. The summed E-state index contributed by atoms with van der Waals surface area (Å²) in [5.41, 5.74) is 4.74. The number of carbonyl (C=O) groups excluding carboxylic acids is 1. The Bertz CT molecular complexity index is 1060. The van der Waals surface area contributed by atoms with Gasteiger partial charge in [0, 0.05) is 18.2 Å². The molecule has 4 rings (SSSR count). The van der Waals surface area contributed by atoms with E-state index in [0.29, 0.717) is 11.3 Å². The Kier molecular flexibility index (Phi) is 5.15. The first-order valence-electron chi connectivity index (χ1n) is 9.70. The van der Waals surface area contributed by atoms with Crippen molar-refractivity contribution >= 4 is 5.91 Å². The van der Waals surface area contributed by atoms with Gasteiger partial charge in [0.25, 0.3) is 5.91 Å². The predicted octanol–water partition coefficient (Wildman–Crippen LogP) is 3.15. The third-order valence-corrected chi connectivity index (χ3v) is 5.26. The second kappa shape index (κ2) is 7.90. The number of benzene rings is 2. The lowest BCUT2D eigenvalue weighted by Gasteiger charge is -2.11. The highest BCUT2D eigenvalue weighted by Crippen LogP contribution is 2.25. The number of nitriles is 1. The lowest BCUT2D eigenvalue weighted by atomic mass is 10.1. The number of hydrogen-bond acceptors (Lipinski definition) is 4. The maximum absolute atomic E-state index is 12.8. The molecule has 6 nitrogen and oxygen atoms in total. The lowest BCUT2D eigenvalue weighted by Crippen LogP contribution is -2.36. The van der Waals surface area contributed by atoms with Crippen LogP contribution in [0.4, 0.5) is 0 Å². The van der Waals surface area contributed by atoms with Crippen molar-refractivity contribution in [2.75, 3.05) is 20.1 Å². The van der Waals surface area contributed by atoms with E-state index in [0.717, 1.165) is 42.0 Å². The standard InChI is InChI=1S/C23H23N5O/c1-16-3-9-20(10-4-16)28-22(18-7-5-17(14-24)6-8-18)13-21(26-28)23(29)25-19-11-12-27(2)15-19/h3-10,13,19H,11-12,15H2,1-2H3,(H,25,29)/t19-/m1/s1. The third kappa shape index (κ3) is 4.05. The molecule has 2 heterocycles. The smallest absolute Gasteiger partial charge is 0.272 e. The van der Waals surface area contributed by atoms with E-state index in [-0.39, 0.29) is 11.9 Å². The van der Waals surface area contributed by atoms with Gasteiger partial charge in [0.2, 0.25) is 0 Å². The van der Waals surface area contributed by atoms with Crippen molar-refractivity contribution in [1.29, 1.82) is 5.26 Å². The summed E-state index contributed by atoms with van der Waals surface area (Å²) in [5.74, 6) is -0.161. The van der Waals surface area contributed by atoms with Gasteiger partial charge in [-0.3, -0.25) is 4.79 Å². The maximum atomic E-state index is 12.8. The summed E-state index contributed by atoms with van der Waals surface area (Å²) in [6, 6.07) is 19.4. The molecule has 1 saturated heterocycles. The number of aryl methyl sites for hydroxylation is 1. The van der Waals surface area contributed by atoms with Crippen molar-refractivity contribution in [3.8, 4) is 23.0 Å². The van der Waals surface area contributed by atoms with E-state index in [1.54, 1.807) is 16.8 Å². The fraction of sp³-hybridized carbons (Fsp3) is 0.261. The molecule has 0 aliphatic carbocycles. The zero-order valence-corrected chi connectivity index (χ0v) is 16.6. The van der Waals surface area contributed by atoms with Gasteiger partial charge in [0.05, 0.1) is 23.0 Å². The summed E-state index contributed by atoms with van der Waals surface area (Å²) in [6.45, 7) is 3.87. The lowest BCUT2D eigenvalue weighted by molar-refractivity contribution is 0.0933. The summed E-state index contributed by atoms with van der Waals surface area (Å²) in [7, 11) is 2.06. The fourth-order valence-corrected chi connectivity index (χ4v) is 3.61. The van der Waals surface area contributed by atoms with Gasteiger partial charge < -0.3 is 10.2 Å². The van der Waals surface area contributed by atoms with E-state index >= 15 is 0 Å². The second-order valence-electron chi connectivity index (χ2n) is 7.57. The summed E-state index contributed by atoms with van der Waals surface area (Å²) in [5, 5.41) is 16.8. The average Bonchev–Trinajstić information content (AvgIpc) is 3.35. The Morgan fingerprint density at radius 3 is 2.52 bits per heavy atom. The summed E-state index contributed by atoms with van der Waals surface area (Å²) in [6.07, 6.45) is 0.948. The van der Waals surface area contributed by atoms with E-state index < -0.39 is 0 Å². The van der Waals surface area contributed by atoms with Crippen molar-refractivity contribution < 1.29 is 4.79 Å². The zero-order chi connectivity index (χ0) is 20.4. The highest BCUT2D eigenvalue weighted by Gasteiger charge is 2.24. The minimum absolute atomic E-state index is 0.149. The minimum Gasteiger partial charge on any atom is -0.347 e. The fourth-order valence-electron chi connectivity index (χ4n) is 3.61. The van der Waals surface area contributed by atoms with Gasteiger partial charge in [-0.1, -0.05) is 29.8 Å². The number of aromatic nitrogens is 2. The van der Waals surface area contributed by atoms with Crippen LogP contribution >= 0.6 is 0 Å². The second-order valence-corrected chi connectivity index (χ2v) is 7.57. The molecular formula is C23H23N5O. The van der Waals surface area contributed by atoms with Gasteiger partial charge in [-0.05, 0) is 57.3 Å². The number of hydrogen-bond donors (Lipinski definition) is 1. The number of amides is 1. The Labute approximate surface area is 170 Å². The zero-order valence-electron chi connectivity index (χ0n) is 16.6. The van der Waals surface area contributed by atoms with Crippen LogP contribution in [0.1, 0.15) is 28.0 Å². The molecule has 0 unspecified atom stereocenters. The first kappa shape index (κ1) is 18.9. The number of likely N-dealkylation sites (N-methyl/N-ethyl adjacent to an activating group) is 1. The van der Waals surface area contributed by atoms with Gasteiger partial charge >= 0.3 is 0 Å². The van der Waals surface area contributed by atoms with Crippen LogP contribution in [0.3, 0.4) is 0 Å². The van der Waals surface area contributed by atoms with Gasteiger partial charge in [-0.25, -0.2) is 4.68 Å². The summed E-state index contributed by atoms with van der Waals surface area (Å²) < 4.78 is 1.79. The molecule has 1 aliphatic rings. The van der Waals surface area contributed by atoms with Crippen LogP contribution in [-0.4, -0.2) is 46.8 Å². The van der Waals surface area contributed by atoms with E-state index in [1.165, 1.54) is 0 Å². The Hall–Kier alpha value is -3.43. The van der Waals surface area contributed by atoms with E-state index in [1.807, 2.05) is 49.4 Å². The molecule has 1 aromatic heterocycles. The predicted molar refractivity (Wildman–Crippen MR) is 112 cm³/mol. The summed E-state index contributed by atoms with van der Waals surface area (Å²) >= 11 is 0. The highest BCUT2D eigenvalue weighted by atomic mass is 16.2. The molecule has 0 radical (unpaired) electrons. The van der Waals surface area contributed by atoms with Crippen LogP contribution in [0.5, 0.6) is 0 Å². The number of likely N-dealkylation sites (tertiary alicyclic amines) is 1. The Morgan fingerprint density at radius 2 is 1.90 bits per heavy atom. The monoisotopic (exact) mass is 385 g/mol. The van der Waals surface area contributed by atoms with Crippen LogP contribution < -0.4 is 5.32 Å². The Balaban J connectivity index is 1.70. The molecule has 1 N–H and O–H groups in total. The van der Waals surface area contributed by atoms with Gasteiger partial charge in [-0.2, -0.15) is 10.4 Å². The quantitative estimate of drug-likeness (QED) is 0.749. The molecule has 29 heavy (non-hydrogen) atoms. The number of carbonyl (C=O) groups is 1. The van der Waals surface area contributed by atoms with Crippen LogP contribution in [0.2, 0.25) is 0 Å². The molecule has 1 fully saturated rings. The van der Waals surface area contributed by atoms with Gasteiger partial charge in [-0.15, -0.1) is 0 Å². The molecule has 1 amide bonds. The van der Waals surface area contributed by atoms with Gasteiger partial charge in [0.1, 0.15) is 0 Å². The first-order valence-corrected chi connectivity index (χ1v) is 9.70. The first-order chi connectivity index (χ1) is 14.0. The molecule has 1 atom stereocenters. The van der Waals surface area contributed by atoms with Crippen molar-refractivity contribution in [1.82, 2.24) is 20.0 Å². The van der Waals surface area contributed by atoms with E-state index in [2.05, 4.69) is 28.4 Å². The van der Waals surface area contributed by atoms with Crippen molar-refractivity contribution in [2.45, 2.75) is 19.4 Å². The largest absolute Gasteiger partial charge is 0.347 e. The third-order valence-electron chi connectivity index (χ3n) is 5.26. The molecule has 0 saturated carbocycles. The van der Waals surface area contributed by atoms with Crippen LogP contribution in [0, 0.1) is 18.3 Å². The highest BCUT2D eigenvalue weighted by molar-refractivity contribution is 5.94. The molecular weight excluding hydrogens is 362 g/mol. The van der Waals surface area contributed by atoms with E-state index in [9.17, 15) is 4.79 Å².